The van der Waals surface area contributed by atoms with Crippen molar-refractivity contribution < 1.29 is 14.6 Å². The van der Waals surface area contributed by atoms with E-state index in [1.807, 2.05) is 72.8 Å². The molecule has 0 saturated heterocycles. The van der Waals surface area contributed by atoms with Gasteiger partial charge >= 0.3 is 6.09 Å². The molecule has 4 nitrogen and oxygen atoms in total. The summed E-state index contributed by atoms with van der Waals surface area (Å²) in [6.07, 6.45) is -0.587. The Morgan fingerprint density at radius 1 is 0.933 bits per heavy atom. The maximum Gasteiger partial charge on any atom is 0.408 e. The fraction of sp³-hybridized carbons (Fsp3) is 0.0800. The van der Waals surface area contributed by atoms with Gasteiger partial charge < -0.3 is 15.2 Å². The Kier molecular flexibility index (Phi) is 5.87. The van der Waals surface area contributed by atoms with Crippen molar-refractivity contribution in [3.8, 4) is 5.75 Å². The summed E-state index contributed by atoms with van der Waals surface area (Å²) in [4.78, 5) is 12.7. The number of carbonyl (C=O) groups is 1. The van der Waals surface area contributed by atoms with Crippen molar-refractivity contribution >= 4 is 28.5 Å². The molecule has 5 heteroatoms. The highest BCUT2D eigenvalue weighted by molar-refractivity contribution is 6.30. The van der Waals surface area contributed by atoms with E-state index in [4.69, 9.17) is 16.3 Å². The zero-order valence-corrected chi connectivity index (χ0v) is 16.8. The lowest BCUT2D eigenvalue weighted by Gasteiger charge is -2.22. The number of aromatic hydroxyl groups is 1. The number of benzene rings is 4. The summed E-state index contributed by atoms with van der Waals surface area (Å²) in [5.41, 5.74) is 2.22. The molecule has 30 heavy (non-hydrogen) atoms. The molecule has 0 fully saturated rings. The average molecular weight is 418 g/mol. The highest BCUT2D eigenvalue weighted by Crippen LogP contribution is 2.36. The second-order valence-corrected chi connectivity index (χ2v) is 7.35. The number of ether oxygens (including phenoxy) is 1. The van der Waals surface area contributed by atoms with Crippen LogP contribution >= 0.6 is 11.6 Å². The van der Waals surface area contributed by atoms with Crippen LogP contribution in [0.5, 0.6) is 5.75 Å². The van der Waals surface area contributed by atoms with E-state index >= 15 is 0 Å². The molecule has 0 heterocycles. The van der Waals surface area contributed by atoms with Gasteiger partial charge in [0.2, 0.25) is 0 Å². The van der Waals surface area contributed by atoms with E-state index < -0.39 is 12.1 Å². The van der Waals surface area contributed by atoms with E-state index in [1.54, 1.807) is 18.2 Å². The number of amides is 1. The Balaban J connectivity index is 1.69. The van der Waals surface area contributed by atoms with Gasteiger partial charge in [0.15, 0.2) is 0 Å². The van der Waals surface area contributed by atoms with Gasteiger partial charge in [-0.3, -0.25) is 0 Å². The van der Waals surface area contributed by atoms with Crippen molar-refractivity contribution in [1.29, 1.82) is 0 Å². The summed E-state index contributed by atoms with van der Waals surface area (Å²) in [7, 11) is 0. The minimum absolute atomic E-state index is 0.0852. The summed E-state index contributed by atoms with van der Waals surface area (Å²) in [6, 6.07) is 27.2. The number of phenolic OH excluding ortho intramolecular Hbond substituents is 1. The van der Waals surface area contributed by atoms with Crippen molar-refractivity contribution in [2.24, 2.45) is 0 Å². The van der Waals surface area contributed by atoms with Crippen LogP contribution in [-0.4, -0.2) is 11.2 Å². The van der Waals surface area contributed by atoms with E-state index in [-0.39, 0.29) is 12.4 Å². The van der Waals surface area contributed by atoms with Crippen LogP contribution in [-0.2, 0) is 11.3 Å². The Hall–Kier alpha value is -3.50. The van der Waals surface area contributed by atoms with E-state index in [2.05, 4.69) is 5.32 Å². The highest BCUT2D eigenvalue weighted by atomic mass is 35.5. The van der Waals surface area contributed by atoms with Crippen molar-refractivity contribution in [3.05, 3.63) is 113 Å². The number of fused-ring (bicyclic) bond motifs is 1. The smallest absolute Gasteiger partial charge is 0.408 e. The van der Waals surface area contributed by atoms with Gasteiger partial charge in [0.25, 0.3) is 0 Å². The molecule has 0 radical (unpaired) electrons. The molecule has 1 amide bonds. The lowest BCUT2D eigenvalue weighted by Crippen LogP contribution is -2.30. The molecule has 1 atom stereocenters. The fourth-order valence-electron chi connectivity index (χ4n) is 3.48. The lowest BCUT2D eigenvalue weighted by molar-refractivity contribution is 0.137. The van der Waals surface area contributed by atoms with Crippen LogP contribution in [0.3, 0.4) is 0 Å². The molecule has 4 rings (SSSR count). The number of carbonyl (C=O) groups excluding carboxylic acids is 1. The molecule has 150 valence electrons. The van der Waals surface area contributed by atoms with Crippen molar-refractivity contribution in [1.82, 2.24) is 5.32 Å². The van der Waals surface area contributed by atoms with E-state index in [0.717, 1.165) is 21.9 Å². The number of hydrogen-bond donors (Lipinski definition) is 2. The average Bonchev–Trinajstić information content (AvgIpc) is 2.77. The van der Waals surface area contributed by atoms with Gasteiger partial charge in [-0.05, 0) is 40.1 Å². The molecular formula is C25H20ClNO3. The van der Waals surface area contributed by atoms with Crippen LogP contribution in [0.25, 0.3) is 10.8 Å². The molecule has 4 aromatic carbocycles. The molecule has 0 spiro atoms. The standard InChI is InChI=1S/C25H20ClNO3/c26-20-11-6-10-19(15-20)24(27-25(29)30-16-17-7-2-1-3-8-17)23-21-12-5-4-9-18(21)13-14-22(23)28/h1-15,24,28H,16H2,(H,27,29). The minimum Gasteiger partial charge on any atom is -0.508 e. The van der Waals surface area contributed by atoms with Gasteiger partial charge in [0.1, 0.15) is 12.4 Å². The lowest BCUT2D eigenvalue weighted by atomic mass is 9.93. The quantitative estimate of drug-likeness (QED) is 0.405. The van der Waals surface area contributed by atoms with Gasteiger partial charge in [-0.15, -0.1) is 0 Å². The third-order valence-electron chi connectivity index (χ3n) is 4.89. The second kappa shape index (κ2) is 8.89. The monoisotopic (exact) mass is 417 g/mol. The third-order valence-corrected chi connectivity index (χ3v) is 5.13. The van der Waals surface area contributed by atoms with E-state index in [1.165, 1.54) is 0 Å². The number of hydrogen-bond acceptors (Lipinski definition) is 3. The molecule has 0 aliphatic carbocycles. The number of rotatable bonds is 5. The molecule has 2 N–H and O–H groups in total. The third kappa shape index (κ3) is 4.39. The SMILES string of the molecule is O=C(NC(c1cccc(Cl)c1)c1c(O)ccc2ccccc12)OCc1ccccc1. The first kappa shape index (κ1) is 19.8. The van der Waals surface area contributed by atoms with Crippen molar-refractivity contribution in [2.45, 2.75) is 12.6 Å². The van der Waals surface area contributed by atoms with E-state index in [9.17, 15) is 9.90 Å². The maximum atomic E-state index is 12.7. The van der Waals surface area contributed by atoms with Gasteiger partial charge in [-0.25, -0.2) is 4.79 Å². The molecule has 4 aromatic rings. The molecule has 0 aliphatic heterocycles. The number of phenols is 1. The largest absolute Gasteiger partial charge is 0.508 e. The first-order chi connectivity index (χ1) is 14.6. The Labute approximate surface area is 179 Å². The first-order valence-electron chi connectivity index (χ1n) is 9.55. The van der Waals surface area contributed by atoms with Gasteiger partial charge in [-0.1, -0.05) is 84.4 Å². The van der Waals surface area contributed by atoms with Crippen molar-refractivity contribution in [2.75, 3.05) is 0 Å². The van der Waals surface area contributed by atoms with Crippen LogP contribution in [0.2, 0.25) is 5.02 Å². The normalized spacial score (nSPS) is 11.8. The summed E-state index contributed by atoms with van der Waals surface area (Å²) in [5.74, 6) is 0.0852. The van der Waals surface area contributed by atoms with Crippen LogP contribution in [0.15, 0.2) is 91.0 Å². The highest BCUT2D eigenvalue weighted by Gasteiger charge is 2.23. The van der Waals surface area contributed by atoms with E-state index in [0.29, 0.717) is 10.6 Å². The molecular weight excluding hydrogens is 398 g/mol. The molecule has 0 aliphatic rings. The second-order valence-electron chi connectivity index (χ2n) is 6.91. The molecule has 1 unspecified atom stereocenters. The van der Waals surface area contributed by atoms with Crippen LogP contribution in [0.4, 0.5) is 4.79 Å². The Morgan fingerprint density at radius 3 is 2.50 bits per heavy atom. The summed E-state index contributed by atoms with van der Waals surface area (Å²) in [6.45, 7) is 0.149. The van der Waals surface area contributed by atoms with Crippen molar-refractivity contribution in [3.63, 3.8) is 0 Å². The molecule has 0 saturated carbocycles. The summed E-state index contributed by atoms with van der Waals surface area (Å²) < 4.78 is 5.42. The fourth-order valence-corrected chi connectivity index (χ4v) is 3.68. The van der Waals surface area contributed by atoms with Gasteiger partial charge in [0.05, 0.1) is 6.04 Å². The Morgan fingerprint density at radius 2 is 1.70 bits per heavy atom. The summed E-state index contributed by atoms with van der Waals surface area (Å²) in [5, 5.41) is 15.9. The first-order valence-corrected chi connectivity index (χ1v) is 9.93. The van der Waals surface area contributed by atoms with Crippen LogP contribution < -0.4 is 5.32 Å². The number of nitrogens with one attached hydrogen (secondary N) is 1. The molecule has 0 aromatic heterocycles. The molecule has 0 bridgehead atoms. The minimum atomic E-state index is -0.641. The maximum absolute atomic E-state index is 12.7. The zero-order chi connectivity index (χ0) is 20.9. The zero-order valence-electron chi connectivity index (χ0n) is 16.1. The number of halogens is 1. The topological polar surface area (TPSA) is 58.6 Å². The predicted octanol–water partition coefficient (Wildman–Crippen LogP) is 6.21. The van der Waals surface area contributed by atoms with Crippen LogP contribution in [0.1, 0.15) is 22.7 Å². The number of alkyl carbamates (subject to hydrolysis) is 1. The predicted molar refractivity (Wildman–Crippen MR) is 119 cm³/mol. The van der Waals surface area contributed by atoms with Gasteiger partial charge in [-0.2, -0.15) is 0 Å². The summed E-state index contributed by atoms with van der Waals surface area (Å²) >= 11 is 6.21. The Bertz CT molecular complexity index is 1180. The van der Waals surface area contributed by atoms with Crippen LogP contribution in [0, 0.1) is 0 Å². The van der Waals surface area contributed by atoms with Gasteiger partial charge in [0, 0.05) is 10.6 Å².